The van der Waals surface area contributed by atoms with Gasteiger partial charge in [-0.25, -0.2) is 13.2 Å². The number of aromatic nitrogens is 1. The predicted molar refractivity (Wildman–Crippen MR) is 118 cm³/mol. The first-order valence-electron chi connectivity index (χ1n) is 11.6. The van der Waals surface area contributed by atoms with Crippen molar-refractivity contribution in [2.24, 2.45) is 5.92 Å². The molecule has 0 radical (unpaired) electrons. The van der Waals surface area contributed by atoms with Crippen molar-refractivity contribution in [3.63, 3.8) is 0 Å². The van der Waals surface area contributed by atoms with E-state index in [-0.39, 0.29) is 42.0 Å². The average molecular weight is 484 g/mol. The molecule has 4 heterocycles. The summed E-state index contributed by atoms with van der Waals surface area (Å²) in [6.45, 7) is 7.96. The molecule has 1 spiro atoms. The Morgan fingerprint density at radius 2 is 1.67 bits per heavy atom. The molecule has 0 atom stereocenters. The first-order chi connectivity index (χ1) is 15.7. The van der Waals surface area contributed by atoms with Gasteiger partial charge in [0.15, 0.2) is 5.79 Å². The summed E-state index contributed by atoms with van der Waals surface area (Å²) in [6, 6.07) is 0. The second-order valence-electron chi connectivity index (χ2n) is 8.91. The summed E-state index contributed by atoms with van der Waals surface area (Å²) >= 11 is 0. The van der Waals surface area contributed by atoms with Crippen LogP contribution in [0.1, 0.15) is 54.4 Å². The van der Waals surface area contributed by atoms with Gasteiger partial charge in [-0.05, 0) is 33.6 Å². The van der Waals surface area contributed by atoms with E-state index in [0.29, 0.717) is 63.4 Å². The van der Waals surface area contributed by atoms with Gasteiger partial charge < -0.3 is 24.1 Å². The minimum absolute atomic E-state index is 0.0267. The van der Waals surface area contributed by atoms with Gasteiger partial charge in [0, 0.05) is 56.3 Å². The Balaban J connectivity index is 1.41. The lowest BCUT2D eigenvalue weighted by atomic mass is 9.94. The van der Waals surface area contributed by atoms with Crippen LogP contribution in [-0.4, -0.2) is 86.3 Å². The fraction of sp³-hybridized carbons (Fsp3) is 0.727. The summed E-state index contributed by atoms with van der Waals surface area (Å²) in [7, 11) is -3.91. The Bertz CT molecular complexity index is 995. The zero-order valence-corrected chi connectivity index (χ0v) is 20.3. The van der Waals surface area contributed by atoms with E-state index in [9.17, 15) is 18.0 Å². The molecule has 0 bridgehead atoms. The molecule has 0 unspecified atom stereocenters. The van der Waals surface area contributed by atoms with Gasteiger partial charge in [0.2, 0.25) is 15.9 Å². The number of carbonyl (C=O) groups excluding carboxylic acids is 2. The van der Waals surface area contributed by atoms with E-state index in [1.54, 1.807) is 20.8 Å². The maximum Gasteiger partial charge on any atom is 0.341 e. The molecule has 3 fully saturated rings. The SMILES string of the molecule is CCOC(=O)c1c(C)[nH]c(C)c1S(=O)(=O)N1CCC(C(=O)N2CCC3(CC2)OCCO3)CC1. The number of likely N-dealkylation sites (tertiary alicyclic amines) is 1. The number of ether oxygens (including phenoxy) is 3. The molecule has 0 aromatic carbocycles. The standard InChI is InChI=1S/C22H33N3O7S/c1-4-30-21(27)18-15(2)23-16(3)19(18)33(28,29)25-9-5-17(6-10-25)20(26)24-11-7-22(8-12-24)31-13-14-32-22/h17,23H,4-14H2,1-3H3. The molecule has 3 saturated heterocycles. The van der Waals surface area contributed by atoms with E-state index in [4.69, 9.17) is 14.2 Å². The smallest absolute Gasteiger partial charge is 0.341 e. The molecule has 0 saturated carbocycles. The van der Waals surface area contributed by atoms with E-state index in [1.165, 1.54) is 4.31 Å². The van der Waals surface area contributed by atoms with Crippen LogP contribution in [0, 0.1) is 19.8 Å². The Labute approximate surface area is 194 Å². The fourth-order valence-corrected chi connectivity index (χ4v) is 7.00. The number of rotatable bonds is 5. The molecular weight excluding hydrogens is 450 g/mol. The van der Waals surface area contributed by atoms with Crippen LogP contribution in [0.5, 0.6) is 0 Å². The summed E-state index contributed by atoms with van der Waals surface area (Å²) < 4.78 is 44.8. The van der Waals surface area contributed by atoms with E-state index in [1.807, 2.05) is 4.90 Å². The van der Waals surface area contributed by atoms with Crippen molar-refractivity contribution in [1.29, 1.82) is 0 Å². The van der Waals surface area contributed by atoms with Crippen molar-refractivity contribution in [3.05, 3.63) is 17.0 Å². The molecule has 33 heavy (non-hydrogen) atoms. The number of aromatic amines is 1. The second-order valence-corrected chi connectivity index (χ2v) is 10.8. The Morgan fingerprint density at radius 1 is 1.06 bits per heavy atom. The third-order valence-corrected chi connectivity index (χ3v) is 8.92. The van der Waals surface area contributed by atoms with Crippen LogP contribution in [-0.2, 0) is 29.0 Å². The monoisotopic (exact) mass is 483 g/mol. The van der Waals surface area contributed by atoms with Crippen molar-refractivity contribution < 1.29 is 32.2 Å². The summed E-state index contributed by atoms with van der Waals surface area (Å²) in [5, 5.41) is 0. The first kappa shape index (κ1) is 24.2. The number of esters is 1. The van der Waals surface area contributed by atoms with Gasteiger partial charge in [-0.1, -0.05) is 0 Å². The van der Waals surface area contributed by atoms with Gasteiger partial charge >= 0.3 is 5.97 Å². The topological polar surface area (TPSA) is 118 Å². The maximum absolute atomic E-state index is 13.4. The lowest BCUT2D eigenvalue weighted by molar-refractivity contribution is -0.188. The number of aryl methyl sites for hydroxylation is 2. The number of hydrogen-bond acceptors (Lipinski definition) is 7. The van der Waals surface area contributed by atoms with E-state index in [0.717, 1.165) is 0 Å². The number of nitrogens with one attached hydrogen (secondary N) is 1. The maximum atomic E-state index is 13.4. The lowest BCUT2D eigenvalue weighted by Gasteiger charge is -2.40. The number of sulfonamides is 1. The molecule has 3 aliphatic rings. The highest BCUT2D eigenvalue weighted by Crippen LogP contribution is 2.34. The quantitative estimate of drug-likeness (QED) is 0.632. The van der Waals surface area contributed by atoms with Crippen LogP contribution in [0.15, 0.2) is 4.90 Å². The predicted octanol–water partition coefficient (Wildman–Crippen LogP) is 1.57. The van der Waals surface area contributed by atoms with E-state index >= 15 is 0 Å². The second kappa shape index (κ2) is 9.36. The number of hydrogen-bond donors (Lipinski definition) is 1. The average Bonchev–Trinajstić information content (AvgIpc) is 3.37. The molecule has 1 aromatic heterocycles. The van der Waals surface area contributed by atoms with Crippen LogP contribution in [0.25, 0.3) is 0 Å². The minimum Gasteiger partial charge on any atom is -0.462 e. The van der Waals surface area contributed by atoms with Gasteiger partial charge in [-0.15, -0.1) is 0 Å². The number of piperidine rings is 2. The van der Waals surface area contributed by atoms with Crippen LogP contribution >= 0.6 is 0 Å². The largest absolute Gasteiger partial charge is 0.462 e. The highest BCUT2D eigenvalue weighted by molar-refractivity contribution is 7.89. The van der Waals surface area contributed by atoms with Crippen LogP contribution in [0.2, 0.25) is 0 Å². The molecular formula is C22H33N3O7S. The molecule has 1 amide bonds. The summed E-state index contributed by atoms with van der Waals surface area (Å²) in [4.78, 5) is 30.3. The molecule has 1 N–H and O–H groups in total. The lowest BCUT2D eigenvalue weighted by Crippen LogP contribution is -2.50. The summed E-state index contributed by atoms with van der Waals surface area (Å²) in [5.41, 5.74) is 0.936. The van der Waals surface area contributed by atoms with Crippen molar-refractivity contribution in [2.45, 2.75) is 57.1 Å². The Morgan fingerprint density at radius 3 is 2.24 bits per heavy atom. The molecule has 11 heteroatoms. The minimum atomic E-state index is -3.91. The van der Waals surface area contributed by atoms with Crippen LogP contribution in [0.3, 0.4) is 0 Å². The number of nitrogens with zero attached hydrogens (tertiary/aromatic N) is 2. The normalized spacial score (nSPS) is 22.1. The van der Waals surface area contributed by atoms with Gasteiger partial charge in [0.1, 0.15) is 10.5 Å². The van der Waals surface area contributed by atoms with Crippen molar-refractivity contribution >= 4 is 21.9 Å². The van der Waals surface area contributed by atoms with Gasteiger partial charge in [-0.2, -0.15) is 4.31 Å². The van der Waals surface area contributed by atoms with Gasteiger partial charge in [0.25, 0.3) is 0 Å². The third-order valence-electron chi connectivity index (χ3n) is 6.85. The zero-order valence-electron chi connectivity index (χ0n) is 19.5. The number of H-pyrrole nitrogens is 1. The zero-order chi connectivity index (χ0) is 23.8. The van der Waals surface area contributed by atoms with Crippen LogP contribution in [0.4, 0.5) is 0 Å². The molecule has 184 valence electrons. The molecule has 10 nitrogen and oxygen atoms in total. The molecule has 1 aromatic rings. The van der Waals surface area contributed by atoms with Crippen LogP contribution < -0.4 is 0 Å². The Kier molecular flexibility index (Phi) is 6.86. The van der Waals surface area contributed by atoms with E-state index in [2.05, 4.69) is 4.98 Å². The molecule has 3 aliphatic heterocycles. The fourth-order valence-electron chi connectivity index (χ4n) is 5.11. The van der Waals surface area contributed by atoms with Crippen molar-refractivity contribution in [1.82, 2.24) is 14.2 Å². The van der Waals surface area contributed by atoms with Crippen molar-refractivity contribution in [2.75, 3.05) is 46.0 Å². The number of amides is 1. The number of carbonyl (C=O) groups is 2. The van der Waals surface area contributed by atoms with Gasteiger partial charge in [0.05, 0.1) is 19.8 Å². The summed E-state index contributed by atoms with van der Waals surface area (Å²) in [5.74, 6) is -1.33. The Hall–Kier alpha value is -1.95. The van der Waals surface area contributed by atoms with E-state index < -0.39 is 21.8 Å². The third kappa shape index (κ3) is 4.55. The molecule has 0 aliphatic carbocycles. The summed E-state index contributed by atoms with van der Waals surface area (Å²) in [6.07, 6.45) is 2.22. The highest BCUT2D eigenvalue weighted by Gasteiger charge is 2.43. The molecule has 4 rings (SSSR count). The van der Waals surface area contributed by atoms with Crippen molar-refractivity contribution in [3.8, 4) is 0 Å². The first-order valence-corrected chi connectivity index (χ1v) is 13.1. The van der Waals surface area contributed by atoms with Gasteiger partial charge in [-0.3, -0.25) is 4.79 Å². The highest BCUT2D eigenvalue weighted by atomic mass is 32.2.